The molecule has 1 atom stereocenters. The Morgan fingerprint density at radius 2 is 1.80 bits per heavy atom. The highest BCUT2D eigenvalue weighted by Gasteiger charge is 2.28. The van der Waals surface area contributed by atoms with Gasteiger partial charge in [0, 0.05) is 12.5 Å². The van der Waals surface area contributed by atoms with Crippen molar-refractivity contribution in [3.05, 3.63) is 69.8 Å². The summed E-state index contributed by atoms with van der Waals surface area (Å²) in [5, 5.41) is 0.576. The van der Waals surface area contributed by atoms with E-state index in [-0.39, 0.29) is 23.4 Å². The quantitative estimate of drug-likeness (QED) is 0.582. The molecule has 0 fully saturated rings. The molecule has 0 bridgehead atoms. The topological polar surface area (TPSA) is 55.2 Å². The van der Waals surface area contributed by atoms with Crippen LogP contribution >= 0.6 is 0 Å². The van der Waals surface area contributed by atoms with Crippen LogP contribution in [0.1, 0.15) is 57.1 Å². The molecule has 0 spiro atoms. The predicted molar refractivity (Wildman–Crippen MR) is 122 cm³/mol. The highest BCUT2D eigenvalue weighted by Crippen LogP contribution is 2.26. The molecular formula is C25H31N3O2. The fourth-order valence-corrected chi connectivity index (χ4v) is 3.83. The van der Waals surface area contributed by atoms with E-state index in [1.807, 2.05) is 82.0 Å². The highest BCUT2D eigenvalue weighted by molar-refractivity contribution is 5.80. The summed E-state index contributed by atoms with van der Waals surface area (Å²) in [4.78, 5) is 33.3. The molecular weight excluding hydrogens is 374 g/mol. The second-order valence-corrected chi connectivity index (χ2v) is 8.28. The first kappa shape index (κ1) is 21.8. The van der Waals surface area contributed by atoms with E-state index in [9.17, 15) is 9.59 Å². The van der Waals surface area contributed by atoms with Gasteiger partial charge in [-0.1, -0.05) is 45.0 Å². The fraction of sp³-hybridized carbons (Fsp3) is 0.400. The van der Waals surface area contributed by atoms with Crippen molar-refractivity contribution in [2.24, 2.45) is 5.92 Å². The zero-order valence-electron chi connectivity index (χ0n) is 18.8. The van der Waals surface area contributed by atoms with Gasteiger partial charge in [0.1, 0.15) is 5.82 Å². The third-order valence-corrected chi connectivity index (χ3v) is 5.49. The molecule has 0 aliphatic rings. The maximum atomic E-state index is 13.6. The summed E-state index contributed by atoms with van der Waals surface area (Å²) in [6.07, 6.45) is 0.837. The van der Waals surface area contributed by atoms with Crippen molar-refractivity contribution in [2.75, 3.05) is 6.54 Å². The molecule has 1 heterocycles. The molecule has 1 amide bonds. The van der Waals surface area contributed by atoms with Crippen LogP contribution in [-0.2, 0) is 4.79 Å². The van der Waals surface area contributed by atoms with Gasteiger partial charge < -0.3 is 4.90 Å². The average molecular weight is 406 g/mol. The van der Waals surface area contributed by atoms with Crippen LogP contribution in [0.15, 0.2) is 47.3 Å². The first-order chi connectivity index (χ1) is 14.3. The van der Waals surface area contributed by atoms with Crippen LogP contribution in [0.5, 0.6) is 0 Å². The lowest BCUT2D eigenvalue weighted by Gasteiger charge is -2.32. The average Bonchev–Trinajstić information content (AvgIpc) is 2.73. The molecule has 2 aromatic carbocycles. The van der Waals surface area contributed by atoms with Crippen LogP contribution in [0.25, 0.3) is 16.6 Å². The summed E-state index contributed by atoms with van der Waals surface area (Å²) in [6.45, 7) is 12.5. The van der Waals surface area contributed by atoms with E-state index in [2.05, 4.69) is 6.92 Å². The van der Waals surface area contributed by atoms with Crippen molar-refractivity contribution in [1.29, 1.82) is 0 Å². The van der Waals surface area contributed by atoms with Gasteiger partial charge >= 0.3 is 0 Å². The van der Waals surface area contributed by atoms with Gasteiger partial charge in [-0.3, -0.25) is 14.2 Å². The Morgan fingerprint density at radius 3 is 2.47 bits per heavy atom. The minimum atomic E-state index is -0.336. The van der Waals surface area contributed by atoms with E-state index in [1.165, 1.54) is 0 Å². The Bertz CT molecular complexity index is 1130. The molecule has 0 saturated carbocycles. The normalized spacial score (nSPS) is 12.4. The number of amides is 1. The number of fused-ring (bicyclic) bond motifs is 1. The number of benzene rings is 2. The van der Waals surface area contributed by atoms with E-state index in [0.29, 0.717) is 23.3 Å². The monoisotopic (exact) mass is 405 g/mol. The minimum absolute atomic E-state index is 0.0688. The first-order valence-electron chi connectivity index (χ1n) is 10.7. The summed E-state index contributed by atoms with van der Waals surface area (Å²) in [6, 6.07) is 13.1. The third-order valence-electron chi connectivity index (χ3n) is 5.49. The van der Waals surface area contributed by atoms with E-state index < -0.39 is 0 Å². The summed E-state index contributed by atoms with van der Waals surface area (Å²) in [5.74, 6) is 0.537. The third kappa shape index (κ3) is 4.02. The number of carbonyl (C=O) groups is 1. The number of nitrogens with zero attached hydrogens (tertiary/aromatic N) is 3. The largest absolute Gasteiger partial charge is 0.333 e. The number of rotatable bonds is 6. The van der Waals surface area contributed by atoms with Gasteiger partial charge in [-0.05, 0) is 56.5 Å². The maximum absolute atomic E-state index is 13.6. The molecule has 0 aliphatic carbocycles. The van der Waals surface area contributed by atoms with Crippen molar-refractivity contribution in [1.82, 2.24) is 14.5 Å². The predicted octanol–water partition coefficient (Wildman–Crippen LogP) is 4.96. The first-order valence-corrected chi connectivity index (χ1v) is 10.7. The number of aromatic nitrogens is 2. The van der Waals surface area contributed by atoms with E-state index in [1.54, 1.807) is 4.57 Å². The van der Waals surface area contributed by atoms with E-state index >= 15 is 0 Å². The van der Waals surface area contributed by atoms with Gasteiger partial charge in [-0.15, -0.1) is 0 Å². The molecule has 5 heteroatoms. The summed E-state index contributed by atoms with van der Waals surface area (Å²) in [5.41, 5.74) is 3.42. The molecule has 0 saturated heterocycles. The molecule has 1 unspecified atom stereocenters. The van der Waals surface area contributed by atoms with Gasteiger partial charge in [-0.2, -0.15) is 0 Å². The maximum Gasteiger partial charge on any atom is 0.266 e. The van der Waals surface area contributed by atoms with Crippen molar-refractivity contribution in [2.45, 2.75) is 54.0 Å². The molecule has 0 radical (unpaired) electrons. The molecule has 0 N–H and O–H groups in total. The Labute approximate surface area is 178 Å². The Kier molecular flexibility index (Phi) is 6.40. The molecule has 158 valence electrons. The zero-order chi connectivity index (χ0) is 22.0. The van der Waals surface area contributed by atoms with Gasteiger partial charge in [0.2, 0.25) is 5.91 Å². The van der Waals surface area contributed by atoms with Gasteiger partial charge in [-0.25, -0.2) is 4.98 Å². The van der Waals surface area contributed by atoms with Crippen molar-refractivity contribution in [3.63, 3.8) is 0 Å². The molecule has 1 aromatic heterocycles. The van der Waals surface area contributed by atoms with E-state index in [4.69, 9.17) is 4.98 Å². The second kappa shape index (κ2) is 8.82. The lowest BCUT2D eigenvalue weighted by molar-refractivity contribution is -0.136. The number of hydrogen-bond acceptors (Lipinski definition) is 3. The Balaban J connectivity index is 2.33. The molecule has 0 aliphatic heterocycles. The van der Waals surface area contributed by atoms with Crippen LogP contribution in [0.2, 0.25) is 0 Å². The molecule has 3 aromatic rings. The number of aryl methyl sites for hydroxylation is 2. The van der Waals surface area contributed by atoms with Crippen molar-refractivity contribution < 1.29 is 4.79 Å². The Hall–Kier alpha value is -2.95. The molecule has 3 rings (SSSR count). The van der Waals surface area contributed by atoms with E-state index in [0.717, 1.165) is 23.2 Å². The van der Waals surface area contributed by atoms with Gasteiger partial charge in [0.25, 0.3) is 5.56 Å². The smallest absolute Gasteiger partial charge is 0.266 e. The fourth-order valence-electron chi connectivity index (χ4n) is 3.83. The van der Waals surface area contributed by atoms with Crippen LogP contribution in [0.3, 0.4) is 0 Å². The van der Waals surface area contributed by atoms with Crippen molar-refractivity contribution in [3.8, 4) is 5.69 Å². The Morgan fingerprint density at radius 1 is 1.10 bits per heavy atom. The molecule has 30 heavy (non-hydrogen) atoms. The lowest BCUT2D eigenvalue weighted by Crippen LogP contribution is -2.40. The summed E-state index contributed by atoms with van der Waals surface area (Å²) in [7, 11) is 0. The van der Waals surface area contributed by atoms with Gasteiger partial charge in [0.05, 0.1) is 22.6 Å². The SMILES string of the molecule is CCCN(C(=O)C(C)C)C(C)c1nc2ccccc2c(=O)n1-c1cc(C)ccc1C. The van der Waals surface area contributed by atoms with Crippen LogP contribution < -0.4 is 5.56 Å². The highest BCUT2D eigenvalue weighted by atomic mass is 16.2. The van der Waals surface area contributed by atoms with Crippen LogP contribution in [0.4, 0.5) is 0 Å². The van der Waals surface area contributed by atoms with Gasteiger partial charge in [0.15, 0.2) is 0 Å². The van der Waals surface area contributed by atoms with Crippen LogP contribution in [0, 0.1) is 19.8 Å². The summed E-state index contributed by atoms with van der Waals surface area (Å²) < 4.78 is 1.70. The summed E-state index contributed by atoms with van der Waals surface area (Å²) >= 11 is 0. The standard InChI is InChI=1S/C25H31N3O2/c1-7-14-27(24(29)16(2)3)19(6)23-26-21-11-9-8-10-20(21)25(30)28(23)22-15-17(4)12-13-18(22)5/h8-13,15-16,19H,7,14H2,1-6H3. The number of carbonyl (C=O) groups excluding carboxylic acids is 1. The lowest BCUT2D eigenvalue weighted by atomic mass is 10.1. The zero-order valence-corrected chi connectivity index (χ0v) is 18.8. The van der Waals surface area contributed by atoms with Crippen molar-refractivity contribution >= 4 is 16.8 Å². The molecule has 5 nitrogen and oxygen atoms in total. The second-order valence-electron chi connectivity index (χ2n) is 8.28. The minimum Gasteiger partial charge on any atom is -0.333 e. The van der Waals surface area contributed by atoms with Crippen LogP contribution in [-0.4, -0.2) is 26.9 Å². The number of hydrogen-bond donors (Lipinski definition) is 0. The number of para-hydroxylation sites is 1.